The van der Waals surface area contributed by atoms with Gasteiger partial charge in [-0.25, -0.2) is 14.8 Å². The fourth-order valence-corrected chi connectivity index (χ4v) is 2.85. The normalized spacial score (nSPS) is 17.5. The number of aromatic amines is 1. The first-order chi connectivity index (χ1) is 11.6. The van der Waals surface area contributed by atoms with Crippen LogP contribution in [0.1, 0.15) is 6.42 Å². The van der Waals surface area contributed by atoms with E-state index in [1.807, 2.05) is 11.6 Å². The molecule has 0 saturated carbocycles. The van der Waals surface area contributed by atoms with Crippen LogP contribution in [-0.4, -0.2) is 65.0 Å². The molecule has 10 heteroatoms. The zero-order chi connectivity index (χ0) is 16.7. The number of nitrogens with zero attached hydrogens (tertiary/aromatic N) is 6. The van der Waals surface area contributed by atoms with Crippen molar-refractivity contribution in [2.24, 2.45) is 7.05 Å². The van der Waals surface area contributed by atoms with E-state index in [0.717, 1.165) is 5.56 Å². The van der Waals surface area contributed by atoms with Crippen molar-refractivity contribution in [1.82, 2.24) is 34.6 Å². The average molecular weight is 329 g/mol. The molecule has 1 amide bonds. The lowest BCUT2D eigenvalue weighted by atomic mass is 10.3. The molecule has 0 bridgehead atoms. The number of rotatable bonds is 3. The van der Waals surface area contributed by atoms with E-state index < -0.39 is 6.09 Å². The number of carbonyl (C=O) groups is 1. The zero-order valence-electron chi connectivity index (χ0n) is 12.9. The van der Waals surface area contributed by atoms with Gasteiger partial charge in [-0.3, -0.25) is 5.10 Å². The lowest BCUT2D eigenvalue weighted by Gasteiger charge is -2.13. The third kappa shape index (κ3) is 2.32. The number of imidazole rings is 1. The lowest BCUT2D eigenvalue weighted by Crippen LogP contribution is -2.29. The minimum Gasteiger partial charge on any atom is -0.471 e. The predicted octanol–water partition coefficient (Wildman–Crippen LogP) is 0.884. The van der Waals surface area contributed by atoms with Gasteiger partial charge in [0.1, 0.15) is 18.3 Å². The van der Waals surface area contributed by atoms with Crippen LogP contribution in [0.4, 0.5) is 4.79 Å². The molecular weight excluding hydrogens is 314 g/mol. The molecule has 1 saturated heterocycles. The van der Waals surface area contributed by atoms with Gasteiger partial charge in [0.25, 0.3) is 0 Å². The van der Waals surface area contributed by atoms with E-state index in [0.29, 0.717) is 42.4 Å². The van der Waals surface area contributed by atoms with Crippen LogP contribution in [0.25, 0.3) is 22.6 Å². The van der Waals surface area contributed by atoms with Crippen molar-refractivity contribution in [3.63, 3.8) is 0 Å². The van der Waals surface area contributed by atoms with Crippen LogP contribution >= 0.6 is 0 Å². The number of ether oxygens (including phenoxy) is 1. The summed E-state index contributed by atoms with van der Waals surface area (Å²) in [7, 11) is 1.86. The topological polar surface area (TPSA) is 122 Å². The maximum absolute atomic E-state index is 11.0. The molecule has 4 heterocycles. The second kappa shape index (κ2) is 5.48. The minimum atomic E-state index is -0.936. The minimum absolute atomic E-state index is 0.237. The molecule has 1 fully saturated rings. The van der Waals surface area contributed by atoms with E-state index in [4.69, 9.17) is 9.84 Å². The molecule has 4 rings (SSSR count). The number of fused-ring (bicyclic) bond motifs is 1. The Morgan fingerprint density at radius 1 is 1.46 bits per heavy atom. The van der Waals surface area contributed by atoms with Crippen molar-refractivity contribution in [3.8, 4) is 17.3 Å². The highest BCUT2D eigenvalue weighted by molar-refractivity contribution is 5.80. The number of H-pyrrole nitrogens is 1. The third-order valence-corrected chi connectivity index (χ3v) is 4.07. The number of aromatic nitrogens is 6. The maximum Gasteiger partial charge on any atom is 0.407 e. The monoisotopic (exact) mass is 329 g/mol. The Balaban J connectivity index is 1.67. The molecule has 1 atom stereocenters. The van der Waals surface area contributed by atoms with Crippen LogP contribution in [0.2, 0.25) is 0 Å². The molecule has 24 heavy (non-hydrogen) atoms. The summed E-state index contributed by atoms with van der Waals surface area (Å²) in [5, 5.41) is 15.7. The van der Waals surface area contributed by atoms with Gasteiger partial charge >= 0.3 is 6.09 Å². The fourth-order valence-electron chi connectivity index (χ4n) is 2.85. The molecule has 10 nitrogen and oxygen atoms in total. The van der Waals surface area contributed by atoms with Crippen molar-refractivity contribution in [1.29, 1.82) is 0 Å². The molecular formula is C14H15N7O3. The number of likely N-dealkylation sites (tertiary alicyclic amines) is 1. The Morgan fingerprint density at radius 3 is 3.04 bits per heavy atom. The summed E-state index contributed by atoms with van der Waals surface area (Å²) in [6, 6.07) is 0. The number of hydrogen-bond donors (Lipinski definition) is 2. The molecule has 0 spiro atoms. The highest BCUT2D eigenvalue weighted by atomic mass is 16.5. The Labute approximate surface area is 136 Å². The van der Waals surface area contributed by atoms with Gasteiger partial charge in [0.2, 0.25) is 5.88 Å². The predicted molar refractivity (Wildman–Crippen MR) is 82.5 cm³/mol. The summed E-state index contributed by atoms with van der Waals surface area (Å²) in [6.07, 6.45) is 4.29. The number of amides is 1. The van der Waals surface area contributed by atoms with Gasteiger partial charge < -0.3 is 19.3 Å². The highest BCUT2D eigenvalue weighted by Gasteiger charge is 2.28. The van der Waals surface area contributed by atoms with E-state index >= 15 is 0 Å². The Kier molecular flexibility index (Phi) is 3.29. The molecule has 0 aliphatic carbocycles. The molecule has 0 unspecified atom stereocenters. The van der Waals surface area contributed by atoms with E-state index in [-0.39, 0.29) is 6.10 Å². The quantitative estimate of drug-likeness (QED) is 0.731. The molecule has 3 aromatic heterocycles. The summed E-state index contributed by atoms with van der Waals surface area (Å²) in [5.74, 6) is 1.06. The first kappa shape index (κ1) is 14.4. The third-order valence-electron chi connectivity index (χ3n) is 4.07. The van der Waals surface area contributed by atoms with Gasteiger partial charge in [0.05, 0.1) is 18.3 Å². The summed E-state index contributed by atoms with van der Waals surface area (Å²) < 4.78 is 7.74. The SMILES string of the molecule is Cn1c(-c2cn[nH]c2)nc2c(O[C@H]3CCN(C(=O)O)C3)ncnc21. The summed E-state index contributed by atoms with van der Waals surface area (Å²) >= 11 is 0. The van der Waals surface area contributed by atoms with Gasteiger partial charge in [-0.15, -0.1) is 0 Å². The van der Waals surface area contributed by atoms with Crippen LogP contribution < -0.4 is 4.74 Å². The molecule has 124 valence electrons. The summed E-state index contributed by atoms with van der Waals surface area (Å²) in [6.45, 7) is 0.777. The molecule has 2 N–H and O–H groups in total. The Morgan fingerprint density at radius 2 is 2.33 bits per heavy atom. The Hall–Kier alpha value is -3.17. The number of hydrogen-bond acceptors (Lipinski definition) is 6. The number of aryl methyl sites for hydroxylation is 1. The second-order valence-electron chi connectivity index (χ2n) is 5.59. The number of nitrogens with one attached hydrogen (secondary N) is 1. The van der Waals surface area contributed by atoms with Gasteiger partial charge in [0.15, 0.2) is 11.2 Å². The van der Waals surface area contributed by atoms with Gasteiger partial charge in [-0.1, -0.05) is 0 Å². The first-order valence-electron chi connectivity index (χ1n) is 7.44. The molecule has 3 aromatic rings. The van der Waals surface area contributed by atoms with Crippen molar-refractivity contribution >= 4 is 17.3 Å². The fraction of sp³-hybridized carbons (Fsp3) is 0.357. The van der Waals surface area contributed by atoms with Gasteiger partial charge in [0, 0.05) is 26.2 Å². The maximum atomic E-state index is 11.0. The van der Waals surface area contributed by atoms with E-state index in [1.165, 1.54) is 11.2 Å². The van der Waals surface area contributed by atoms with Crippen LogP contribution in [-0.2, 0) is 7.05 Å². The van der Waals surface area contributed by atoms with Crippen molar-refractivity contribution in [3.05, 3.63) is 18.7 Å². The van der Waals surface area contributed by atoms with Crippen LogP contribution in [0.5, 0.6) is 5.88 Å². The second-order valence-corrected chi connectivity index (χ2v) is 5.59. The molecule has 1 aliphatic heterocycles. The average Bonchev–Trinajstić information content (AvgIpc) is 3.28. The molecule has 0 aromatic carbocycles. The van der Waals surface area contributed by atoms with E-state index in [2.05, 4.69) is 25.1 Å². The van der Waals surface area contributed by atoms with Crippen LogP contribution in [0.3, 0.4) is 0 Å². The smallest absolute Gasteiger partial charge is 0.407 e. The largest absolute Gasteiger partial charge is 0.471 e. The Bertz CT molecular complexity index is 889. The highest BCUT2D eigenvalue weighted by Crippen LogP contribution is 2.27. The van der Waals surface area contributed by atoms with Crippen molar-refractivity contribution in [2.75, 3.05) is 13.1 Å². The van der Waals surface area contributed by atoms with E-state index in [1.54, 1.807) is 12.4 Å². The lowest BCUT2D eigenvalue weighted by molar-refractivity contribution is 0.145. The van der Waals surface area contributed by atoms with Crippen LogP contribution in [0.15, 0.2) is 18.7 Å². The molecule has 1 aliphatic rings. The first-order valence-corrected chi connectivity index (χ1v) is 7.44. The number of carboxylic acid groups (broad SMARTS) is 1. The summed E-state index contributed by atoms with van der Waals surface area (Å²) in [5.41, 5.74) is 2.02. The standard InChI is InChI=1S/C14H15N7O3/c1-20-11(8-4-17-18-5-8)19-10-12(20)15-7-16-13(10)24-9-2-3-21(6-9)14(22)23/h4-5,7,9H,2-3,6H2,1H3,(H,17,18)(H,22,23)/t9-/m0/s1. The zero-order valence-corrected chi connectivity index (χ0v) is 12.9. The van der Waals surface area contributed by atoms with Crippen LogP contribution in [0, 0.1) is 0 Å². The summed E-state index contributed by atoms with van der Waals surface area (Å²) in [4.78, 5) is 25.4. The van der Waals surface area contributed by atoms with Gasteiger partial charge in [-0.2, -0.15) is 10.1 Å². The molecule has 0 radical (unpaired) electrons. The van der Waals surface area contributed by atoms with E-state index in [9.17, 15) is 4.79 Å². The van der Waals surface area contributed by atoms with Crippen molar-refractivity contribution < 1.29 is 14.6 Å². The van der Waals surface area contributed by atoms with Crippen molar-refractivity contribution in [2.45, 2.75) is 12.5 Å². The van der Waals surface area contributed by atoms with Gasteiger partial charge in [-0.05, 0) is 0 Å².